The van der Waals surface area contributed by atoms with Crippen molar-refractivity contribution in [2.75, 3.05) is 50.0 Å². The Hall–Kier alpha value is -6.36. The Kier molecular flexibility index (Phi) is 10.7. The van der Waals surface area contributed by atoms with E-state index in [4.69, 9.17) is 16.6 Å². The zero-order valence-electron chi connectivity index (χ0n) is 32.8. The molecule has 1 saturated carbocycles. The van der Waals surface area contributed by atoms with Crippen molar-refractivity contribution in [3.8, 4) is 22.5 Å². The number of rotatable bonds is 9. The van der Waals surface area contributed by atoms with Crippen LogP contribution in [0.5, 0.6) is 0 Å². The topological polar surface area (TPSA) is 211 Å². The number of fused-ring (bicyclic) bond motifs is 2. The lowest BCUT2D eigenvalue weighted by Gasteiger charge is -2.36. The monoisotopic (exact) mass is 864 g/mol. The number of hydrogen-bond donors (Lipinski definition) is 3. The molecule has 5 aromatic rings. The first-order chi connectivity index (χ1) is 29.5. The summed E-state index contributed by atoms with van der Waals surface area (Å²) in [6.45, 7) is 1.96. The first-order valence-corrected chi connectivity index (χ1v) is 21.1. The first kappa shape index (κ1) is 40.1. The second-order valence-corrected chi connectivity index (χ2v) is 16.9. The largest absolute Gasteiger partial charge is 0.387 e. The van der Waals surface area contributed by atoms with Crippen LogP contribution in [0.1, 0.15) is 75.7 Å². The van der Waals surface area contributed by atoms with E-state index in [0.717, 1.165) is 57.9 Å². The number of carbonyl (C=O) groups is 5. The first-order valence-electron chi connectivity index (χ1n) is 19.9. The molecule has 1 aromatic carbocycles. The molecule has 1 unspecified atom stereocenters. The van der Waals surface area contributed by atoms with Crippen molar-refractivity contribution in [2.24, 2.45) is 0 Å². The Morgan fingerprint density at radius 2 is 1.72 bits per heavy atom. The number of anilines is 2. The quantitative estimate of drug-likeness (QED) is 0.179. The maximum absolute atomic E-state index is 15.4. The van der Waals surface area contributed by atoms with E-state index in [1.165, 1.54) is 23.6 Å². The maximum Gasteiger partial charge on any atom is 0.262 e. The number of pyridine rings is 2. The molecule has 3 N–H and O–H groups in total. The van der Waals surface area contributed by atoms with Gasteiger partial charge in [0.15, 0.2) is 5.01 Å². The Balaban J connectivity index is 0.763. The molecule has 5 amide bonds. The maximum atomic E-state index is 15.4. The number of nitriles is 1. The highest BCUT2D eigenvalue weighted by molar-refractivity contribution is 7.14. The van der Waals surface area contributed by atoms with Crippen molar-refractivity contribution in [2.45, 2.75) is 56.5 Å². The van der Waals surface area contributed by atoms with Crippen molar-refractivity contribution in [3.63, 3.8) is 0 Å². The second-order valence-electron chi connectivity index (χ2n) is 15.5. The van der Waals surface area contributed by atoms with E-state index in [1.54, 1.807) is 27.9 Å². The molecule has 20 heteroatoms. The highest BCUT2D eigenvalue weighted by Crippen LogP contribution is 2.39. The zero-order valence-corrected chi connectivity index (χ0v) is 34.4. The standard InChI is InChI=1S/C41H38ClFN12O5S/c1-45-30-15-33(54-19-28(42)26-12-21(16-44)17-47-36(26)54)46-18-27(30)39-51-50-38(61-39)22-2-4-23(5-3-22)48-35(57)20-52-8-10-53(11-9-52)32-14-25-24(13-29(32)43)40(59)55(41(25)60)31-6-7-34(56)49-37(31)58/h12-15,17-19,22-23,31H,2-11,20H2,1H3,(H,45,46)(H,48,57)(H,49,56,58). The summed E-state index contributed by atoms with van der Waals surface area (Å²) in [5.74, 6) is -2.58. The third kappa shape index (κ3) is 7.55. The van der Waals surface area contributed by atoms with Crippen molar-refractivity contribution >= 4 is 74.9 Å². The highest BCUT2D eigenvalue weighted by Gasteiger charge is 2.45. The van der Waals surface area contributed by atoms with Gasteiger partial charge in [-0.1, -0.05) is 22.9 Å². The number of hydrogen-bond acceptors (Lipinski definition) is 14. The molecule has 0 spiro atoms. The van der Waals surface area contributed by atoms with Gasteiger partial charge in [-0.25, -0.2) is 14.4 Å². The van der Waals surface area contributed by atoms with Crippen LogP contribution in [0.2, 0.25) is 5.02 Å². The van der Waals surface area contributed by atoms with Crippen LogP contribution >= 0.6 is 22.9 Å². The molecule has 4 aliphatic rings. The summed E-state index contributed by atoms with van der Waals surface area (Å²) in [6, 6.07) is 6.99. The van der Waals surface area contributed by atoms with E-state index >= 15 is 4.39 Å². The van der Waals surface area contributed by atoms with Gasteiger partial charge in [-0.2, -0.15) is 5.26 Å². The fourth-order valence-electron chi connectivity index (χ4n) is 8.60. The van der Waals surface area contributed by atoms with Crippen LogP contribution in [0, 0.1) is 17.1 Å². The lowest BCUT2D eigenvalue weighted by molar-refractivity contribution is -0.136. The van der Waals surface area contributed by atoms with Gasteiger partial charge in [0.05, 0.1) is 39.5 Å². The van der Waals surface area contributed by atoms with Gasteiger partial charge in [0.25, 0.3) is 11.8 Å². The van der Waals surface area contributed by atoms with Gasteiger partial charge in [0.2, 0.25) is 17.7 Å². The number of nitrogens with one attached hydrogen (secondary N) is 3. The van der Waals surface area contributed by atoms with Crippen LogP contribution in [-0.2, 0) is 14.4 Å². The number of benzene rings is 1. The molecule has 1 aliphatic carbocycles. The van der Waals surface area contributed by atoms with Crippen LogP contribution in [0.4, 0.5) is 15.8 Å². The van der Waals surface area contributed by atoms with Gasteiger partial charge in [0, 0.05) is 87.3 Å². The van der Waals surface area contributed by atoms with E-state index in [-0.39, 0.29) is 54.1 Å². The van der Waals surface area contributed by atoms with Gasteiger partial charge in [0.1, 0.15) is 34.4 Å². The molecule has 17 nitrogen and oxygen atoms in total. The summed E-state index contributed by atoms with van der Waals surface area (Å²) in [5.41, 5.74) is 2.70. The Labute approximate surface area is 356 Å². The molecular weight excluding hydrogens is 827 g/mol. The molecule has 7 heterocycles. The fourth-order valence-corrected chi connectivity index (χ4v) is 9.87. The normalized spacial score (nSPS) is 20.8. The van der Waals surface area contributed by atoms with Crippen LogP contribution in [0.25, 0.3) is 27.4 Å². The van der Waals surface area contributed by atoms with Crippen LogP contribution in [0.3, 0.4) is 0 Å². The molecule has 9 rings (SSSR count). The summed E-state index contributed by atoms with van der Waals surface area (Å²) in [5, 5.41) is 29.7. The molecular formula is C41H38ClFN12O5S. The summed E-state index contributed by atoms with van der Waals surface area (Å²) in [4.78, 5) is 77.3. The SMILES string of the molecule is CNc1cc(-n2cc(Cl)c3cc(C#N)cnc32)ncc1-c1nnc(C2CCC(NC(=O)CN3CCN(c4cc5c(cc4F)C(=O)N(C4CCC(=O)NC4=O)C5=O)CC3)CC2)s1. The molecule has 0 radical (unpaired) electrons. The third-order valence-corrected chi connectivity index (χ3v) is 13.2. The van der Waals surface area contributed by atoms with Gasteiger partial charge in [-0.05, 0) is 50.3 Å². The molecule has 2 saturated heterocycles. The Morgan fingerprint density at radius 1 is 0.967 bits per heavy atom. The predicted octanol–water partition coefficient (Wildman–Crippen LogP) is 4.01. The number of halogens is 2. The number of carbonyl (C=O) groups excluding carboxylic acids is 5. The number of piperazine rings is 1. The minimum absolute atomic E-state index is 0.00761. The number of aromatic nitrogens is 5. The third-order valence-electron chi connectivity index (χ3n) is 11.8. The number of piperidine rings is 1. The van der Waals surface area contributed by atoms with Crippen molar-refractivity contribution in [3.05, 3.63) is 75.4 Å². The van der Waals surface area contributed by atoms with Gasteiger partial charge < -0.3 is 15.5 Å². The van der Waals surface area contributed by atoms with E-state index in [0.29, 0.717) is 53.6 Å². The lowest BCUT2D eigenvalue weighted by Crippen LogP contribution is -2.54. The van der Waals surface area contributed by atoms with Crippen molar-refractivity contribution in [1.29, 1.82) is 5.26 Å². The number of amides is 5. The van der Waals surface area contributed by atoms with Crippen LogP contribution in [0.15, 0.2) is 42.9 Å². The van der Waals surface area contributed by atoms with Gasteiger partial charge >= 0.3 is 0 Å². The van der Waals surface area contributed by atoms with E-state index < -0.39 is 35.5 Å². The summed E-state index contributed by atoms with van der Waals surface area (Å²) >= 11 is 8.01. The molecule has 3 fully saturated rings. The zero-order chi connectivity index (χ0) is 42.5. The molecule has 0 bridgehead atoms. The average molecular weight is 865 g/mol. The van der Waals surface area contributed by atoms with E-state index in [2.05, 4.69) is 37.2 Å². The van der Waals surface area contributed by atoms with E-state index in [1.807, 2.05) is 18.0 Å². The molecule has 1 atom stereocenters. The van der Waals surface area contributed by atoms with Crippen LogP contribution < -0.4 is 20.9 Å². The van der Waals surface area contributed by atoms with Crippen LogP contribution in [-0.4, -0.2) is 116 Å². The minimum Gasteiger partial charge on any atom is -0.387 e. The van der Waals surface area contributed by atoms with Gasteiger partial charge in [-0.3, -0.25) is 43.7 Å². The van der Waals surface area contributed by atoms with Crippen molar-refractivity contribution < 1.29 is 28.4 Å². The summed E-state index contributed by atoms with van der Waals surface area (Å²) < 4.78 is 17.2. The van der Waals surface area contributed by atoms with E-state index in [9.17, 15) is 29.2 Å². The predicted molar refractivity (Wildman–Crippen MR) is 222 cm³/mol. The Bertz CT molecular complexity index is 2680. The molecule has 3 aliphatic heterocycles. The number of imide groups is 2. The molecule has 4 aromatic heterocycles. The molecule has 61 heavy (non-hydrogen) atoms. The summed E-state index contributed by atoms with van der Waals surface area (Å²) in [6.07, 6.45) is 8.28. The Morgan fingerprint density at radius 3 is 2.44 bits per heavy atom. The minimum atomic E-state index is -1.13. The number of nitrogens with zero attached hydrogens (tertiary/aromatic N) is 9. The van der Waals surface area contributed by atoms with Gasteiger partial charge in [-0.15, -0.1) is 10.2 Å². The molecule has 312 valence electrons. The highest BCUT2D eigenvalue weighted by atomic mass is 35.5. The summed E-state index contributed by atoms with van der Waals surface area (Å²) in [7, 11) is 1.83. The second kappa shape index (κ2) is 16.2. The van der Waals surface area contributed by atoms with Crippen molar-refractivity contribution in [1.82, 2.24) is 45.2 Å². The smallest absolute Gasteiger partial charge is 0.262 e. The fraction of sp³-hybridized carbons (Fsp3) is 0.366. The average Bonchev–Trinajstić information content (AvgIpc) is 3.95. The lowest BCUT2D eigenvalue weighted by atomic mass is 9.86.